The average Bonchev–Trinajstić information content (AvgIpc) is 2.45. The Morgan fingerprint density at radius 1 is 1.11 bits per heavy atom. The molecule has 0 fully saturated rings. The van der Waals surface area contributed by atoms with Gasteiger partial charge >= 0.3 is 0 Å². The van der Waals surface area contributed by atoms with Gasteiger partial charge in [-0.15, -0.1) is 0 Å². The van der Waals surface area contributed by atoms with E-state index in [0.29, 0.717) is 5.56 Å². The molecule has 0 saturated carbocycles. The number of halogens is 1. The van der Waals surface area contributed by atoms with Crippen LogP contribution in [0.4, 0.5) is 0 Å². The van der Waals surface area contributed by atoms with Crippen molar-refractivity contribution in [3.8, 4) is 17.9 Å². The Hall–Kier alpha value is -1.85. The minimum absolute atomic E-state index is 0.648. The highest BCUT2D eigenvalue weighted by molar-refractivity contribution is 14.1. The topological polar surface area (TPSA) is 36.7 Å². The van der Waals surface area contributed by atoms with Crippen molar-refractivity contribution in [3.05, 3.63) is 65.0 Å². The fraction of sp³-hybridized carbons (Fsp3) is 0.0667. The van der Waals surface area contributed by atoms with Gasteiger partial charge in [0.2, 0.25) is 0 Å². The molecule has 1 heterocycles. The molecule has 0 spiro atoms. The predicted molar refractivity (Wildman–Crippen MR) is 79.1 cm³/mol. The van der Waals surface area contributed by atoms with Gasteiger partial charge in [0.05, 0.1) is 11.6 Å². The van der Waals surface area contributed by atoms with Crippen LogP contribution >= 0.6 is 22.6 Å². The molecule has 86 valence electrons. The van der Waals surface area contributed by atoms with E-state index in [1.54, 1.807) is 12.3 Å². The summed E-state index contributed by atoms with van der Waals surface area (Å²) in [5.74, 6) is 6.03. The highest BCUT2D eigenvalue weighted by Gasteiger charge is 1.98. The van der Waals surface area contributed by atoms with Gasteiger partial charge in [0.1, 0.15) is 5.69 Å². The number of hydrogen-bond donors (Lipinski definition) is 0. The Morgan fingerprint density at radius 3 is 2.61 bits per heavy atom. The SMILES string of the molecule is N#Cc1cc(C#Cc2ccccn2)cc(CI)c1. The maximum Gasteiger partial charge on any atom is 0.113 e. The van der Waals surface area contributed by atoms with Crippen molar-refractivity contribution in [2.45, 2.75) is 4.43 Å². The summed E-state index contributed by atoms with van der Waals surface area (Å²) in [4.78, 5) is 4.14. The van der Waals surface area contributed by atoms with Gasteiger partial charge in [0.15, 0.2) is 0 Å². The maximum absolute atomic E-state index is 8.95. The molecule has 0 aliphatic rings. The Labute approximate surface area is 120 Å². The van der Waals surface area contributed by atoms with Crippen molar-refractivity contribution in [2.24, 2.45) is 0 Å². The van der Waals surface area contributed by atoms with Crippen LogP contribution in [-0.2, 0) is 4.43 Å². The van der Waals surface area contributed by atoms with Crippen molar-refractivity contribution in [1.82, 2.24) is 4.98 Å². The zero-order valence-corrected chi connectivity index (χ0v) is 11.7. The van der Waals surface area contributed by atoms with E-state index in [4.69, 9.17) is 5.26 Å². The minimum Gasteiger partial charge on any atom is -0.248 e. The molecule has 0 atom stereocenters. The van der Waals surface area contributed by atoms with Gasteiger partial charge in [-0.3, -0.25) is 0 Å². The molecule has 0 bridgehead atoms. The lowest BCUT2D eigenvalue weighted by Crippen LogP contribution is -1.85. The van der Waals surface area contributed by atoms with E-state index >= 15 is 0 Å². The van der Waals surface area contributed by atoms with Crippen LogP contribution in [0.1, 0.15) is 22.4 Å². The third-order valence-corrected chi connectivity index (χ3v) is 3.16. The highest BCUT2D eigenvalue weighted by Crippen LogP contribution is 2.12. The molecule has 0 amide bonds. The second kappa shape index (κ2) is 6.18. The van der Waals surface area contributed by atoms with Crippen LogP contribution in [0.25, 0.3) is 0 Å². The van der Waals surface area contributed by atoms with Crippen molar-refractivity contribution in [3.63, 3.8) is 0 Å². The van der Waals surface area contributed by atoms with E-state index in [2.05, 4.69) is 45.5 Å². The number of benzene rings is 1. The van der Waals surface area contributed by atoms with Gasteiger partial charge < -0.3 is 0 Å². The minimum atomic E-state index is 0.648. The van der Waals surface area contributed by atoms with Crippen molar-refractivity contribution < 1.29 is 0 Å². The number of hydrogen-bond acceptors (Lipinski definition) is 2. The molecule has 0 radical (unpaired) electrons. The van der Waals surface area contributed by atoms with Crippen molar-refractivity contribution in [1.29, 1.82) is 5.26 Å². The van der Waals surface area contributed by atoms with Gasteiger partial charge in [-0.1, -0.05) is 34.6 Å². The summed E-state index contributed by atoms with van der Waals surface area (Å²) >= 11 is 2.27. The van der Waals surface area contributed by atoms with Crippen LogP contribution in [0.15, 0.2) is 42.6 Å². The summed E-state index contributed by atoms with van der Waals surface area (Å²) in [6.07, 6.45) is 1.71. The Kier molecular flexibility index (Phi) is 4.33. The molecule has 2 nitrogen and oxygen atoms in total. The van der Waals surface area contributed by atoms with Crippen molar-refractivity contribution in [2.75, 3.05) is 0 Å². The first-order valence-electron chi connectivity index (χ1n) is 5.35. The molecular formula is C15H9IN2. The Morgan fingerprint density at radius 2 is 1.94 bits per heavy atom. The average molecular weight is 344 g/mol. The lowest BCUT2D eigenvalue weighted by atomic mass is 10.1. The fourth-order valence-electron chi connectivity index (χ4n) is 1.48. The molecule has 1 aromatic carbocycles. The number of alkyl halides is 1. The summed E-state index contributed by atoms with van der Waals surface area (Å²) < 4.78 is 0.867. The van der Waals surface area contributed by atoms with Crippen LogP contribution in [0, 0.1) is 23.2 Å². The summed E-state index contributed by atoms with van der Waals surface area (Å²) in [7, 11) is 0. The molecule has 3 heteroatoms. The second-order valence-corrected chi connectivity index (χ2v) is 4.39. The number of pyridine rings is 1. The van der Waals surface area contributed by atoms with E-state index in [0.717, 1.165) is 21.2 Å². The first-order chi connectivity index (χ1) is 8.81. The van der Waals surface area contributed by atoms with Gasteiger partial charge in [-0.05, 0) is 41.8 Å². The summed E-state index contributed by atoms with van der Waals surface area (Å²) in [5, 5.41) is 8.95. The third kappa shape index (κ3) is 3.32. The normalized spacial score (nSPS) is 9.11. The summed E-state index contributed by atoms with van der Waals surface area (Å²) in [5.41, 5.74) is 3.34. The molecule has 2 aromatic rings. The van der Waals surface area contributed by atoms with E-state index in [1.165, 1.54) is 0 Å². The standard InChI is InChI=1S/C15H9IN2/c16-10-13-7-12(8-14(9-13)11-17)4-5-15-3-1-2-6-18-15/h1-3,6-9H,10H2. The van der Waals surface area contributed by atoms with Crippen LogP contribution in [0.5, 0.6) is 0 Å². The Balaban J connectivity index is 2.36. The largest absolute Gasteiger partial charge is 0.248 e. The molecule has 0 N–H and O–H groups in total. The van der Waals surface area contributed by atoms with Gasteiger partial charge in [0, 0.05) is 16.2 Å². The first kappa shape index (κ1) is 12.6. The quantitative estimate of drug-likeness (QED) is 0.452. The summed E-state index contributed by atoms with van der Waals surface area (Å²) in [6.45, 7) is 0. The molecule has 0 aliphatic carbocycles. The highest BCUT2D eigenvalue weighted by atomic mass is 127. The monoisotopic (exact) mass is 344 g/mol. The molecular weight excluding hydrogens is 335 g/mol. The molecule has 0 saturated heterocycles. The third-order valence-electron chi connectivity index (χ3n) is 2.28. The molecule has 2 rings (SSSR count). The smallest absolute Gasteiger partial charge is 0.113 e. The number of nitrogens with zero attached hydrogens (tertiary/aromatic N) is 2. The second-order valence-electron chi connectivity index (χ2n) is 3.63. The molecule has 0 aliphatic heterocycles. The number of nitriles is 1. The van der Waals surface area contributed by atoms with Gasteiger partial charge in [0.25, 0.3) is 0 Å². The van der Waals surface area contributed by atoms with E-state index in [-0.39, 0.29) is 0 Å². The summed E-state index contributed by atoms with van der Waals surface area (Å²) in [6, 6.07) is 13.5. The van der Waals surface area contributed by atoms with Crippen LogP contribution < -0.4 is 0 Å². The lowest BCUT2D eigenvalue weighted by Gasteiger charge is -1.98. The first-order valence-corrected chi connectivity index (χ1v) is 6.87. The number of aromatic nitrogens is 1. The Bertz CT molecular complexity index is 646. The molecule has 1 aromatic heterocycles. The van der Waals surface area contributed by atoms with E-state index in [1.807, 2.05) is 30.3 Å². The predicted octanol–water partition coefficient (Wildman–Crippen LogP) is 3.29. The lowest BCUT2D eigenvalue weighted by molar-refractivity contribution is 1.29. The van der Waals surface area contributed by atoms with Crippen LogP contribution in [-0.4, -0.2) is 4.98 Å². The van der Waals surface area contributed by atoms with Crippen LogP contribution in [0.3, 0.4) is 0 Å². The van der Waals surface area contributed by atoms with E-state index in [9.17, 15) is 0 Å². The number of rotatable bonds is 1. The van der Waals surface area contributed by atoms with Crippen molar-refractivity contribution >= 4 is 22.6 Å². The zero-order valence-electron chi connectivity index (χ0n) is 9.52. The fourth-order valence-corrected chi connectivity index (χ4v) is 1.92. The molecule has 18 heavy (non-hydrogen) atoms. The van der Waals surface area contributed by atoms with Crippen LogP contribution in [0.2, 0.25) is 0 Å². The van der Waals surface area contributed by atoms with E-state index < -0.39 is 0 Å². The van der Waals surface area contributed by atoms with Gasteiger partial charge in [-0.25, -0.2) is 4.98 Å². The molecule has 0 unspecified atom stereocenters. The zero-order chi connectivity index (χ0) is 12.8. The van der Waals surface area contributed by atoms with Gasteiger partial charge in [-0.2, -0.15) is 5.26 Å². The maximum atomic E-state index is 8.95.